The molecule has 2 N–H and O–H groups in total. The molecule has 0 aromatic rings. The molecule has 0 saturated heterocycles. The zero-order chi connectivity index (χ0) is 19.3. The van der Waals surface area contributed by atoms with Crippen molar-refractivity contribution in [3.05, 3.63) is 36.0 Å². The molecule has 0 aromatic carbocycles. The highest BCUT2D eigenvalue weighted by Gasteiger charge is 2.58. The fraction of sp³-hybridized carbons (Fsp3) is 0.682. The monoisotopic (exact) mass is 360 g/mol. The molecule has 0 unspecified atom stereocenters. The minimum atomic E-state index is -0.457. The SMILES string of the molecule is C=C(CO)[C@H]1C=C2C=C[C@@H]3C(C)(C)[C@@H](OC(C)=O)CC[C@@]3(C)[C@@H]2[C@@H](O)C1. The van der Waals surface area contributed by atoms with Gasteiger partial charge in [0.15, 0.2) is 0 Å². The third-order valence-electron chi connectivity index (χ3n) is 7.15. The highest BCUT2D eigenvalue weighted by molar-refractivity contribution is 5.66. The van der Waals surface area contributed by atoms with Crippen LogP contribution in [0.5, 0.6) is 0 Å². The van der Waals surface area contributed by atoms with Gasteiger partial charge in [-0.15, -0.1) is 0 Å². The number of aliphatic hydroxyl groups is 2. The van der Waals surface area contributed by atoms with Crippen molar-refractivity contribution in [2.24, 2.45) is 28.6 Å². The first-order chi connectivity index (χ1) is 12.1. The van der Waals surface area contributed by atoms with Crippen molar-refractivity contribution in [1.82, 2.24) is 0 Å². The smallest absolute Gasteiger partial charge is 0.302 e. The van der Waals surface area contributed by atoms with E-state index in [1.807, 2.05) is 0 Å². The van der Waals surface area contributed by atoms with Crippen molar-refractivity contribution < 1.29 is 19.7 Å². The summed E-state index contributed by atoms with van der Waals surface area (Å²) in [7, 11) is 0. The summed E-state index contributed by atoms with van der Waals surface area (Å²) >= 11 is 0. The Morgan fingerprint density at radius 3 is 2.69 bits per heavy atom. The van der Waals surface area contributed by atoms with Crippen LogP contribution in [0.15, 0.2) is 36.0 Å². The molecule has 3 aliphatic rings. The number of allylic oxidation sites excluding steroid dienone is 3. The van der Waals surface area contributed by atoms with E-state index in [1.54, 1.807) is 0 Å². The molecule has 3 rings (SSSR count). The molecule has 0 bridgehead atoms. The van der Waals surface area contributed by atoms with Gasteiger partial charge in [0.05, 0.1) is 12.7 Å². The molecule has 0 aliphatic heterocycles. The van der Waals surface area contributed by atoms with Crippen molar-refractivity contribution in [3.8, 4) is 0 Å². The molecule has 0 aromatic heterocycles. The summed E-state index contributed by atoms with van der Waals surface area (Å²) in [5.41, 5.74) is 1.65. The maximum atomic E-state index is 11.5. The molecule has 6 atom stereocenters. The lowest BCUT2D eigenvalue weighted by atomic mass is 9.47. The molecule has 0 spiro atoms. The highest BCUT2D eigenvalue weighted by Crippen LogP contribution is 2.61. The molecule has 26 heavy (non-hydrogen) atoms. The molecule has 0 amide bonds. The summed E-state index contributed by atoms with van der Waals surface area (Å²) in [6.07, 6.45) is 8.34. The first kappa shape index (κ1) is 19.4. The fourth-order valence-corrected chi connectivity index (χ4v) is 5.86. The Bertz CT molecular complexity index is 659. The van der Waals surface area contributed by atoms with E-state index in [2.05, 4.69) is 45.6 Å². The first-order valence-corrected chi connectivity index (χ1v) is 9.65. The lowest BCUT2D eigenvalue weighted by molar-refractivity contribution is -0.170. The molecule has 144 valence electrons. The molecule has 3 aliphatic carbocycles. The van der Waals surface area contributed by atoms with Gasteiger partial charge in [0, 0.05) is 24.2 Å². The number of carbonyl (C=O) groups excluding carboxylic acids is 1. The van der Waals surface area contributed by atoms with Gasteiger partial charge < -0.3 is 14.9 Å². The van der Waals surface area contributed by atoms with Gasteiger partial charge in [0.2, 0.25) is 0 Å². The Kier molecular flexibility index (Phi) is 4.95. The quantitative estimate of drug-likeness (QED) is 0.598. The molecule has 0 heterocycles. The predicted octanol–water partition coefficient (Wildman–Crippen LogP) is 3.40. The summed E-state index contributed by atoms with van der Waals surface area (Å²) in [6, 6.07) is 0. The van der Waals surface area contributed by atoms with Crippen LogP contribution in [0.2, 0.25) is 0 Å². The molecule has 4 heteroatoms. The van der Waals surface area contributed by atoms with Gasteiger partial charge in [-0.3, -0.25) is 4.79 Å². The molecule has 1 saturated carbocycles. The predicted molar refractivity (Wildman–Crippen MR) is 101 cm³/mol. The second-order valence-electron chi connectivity index (χ2n) is 9.17. The second kappa shape index (κ2) is 6.65. The fourth-order valence-electron chi connectivity index (χ4n) is 5.86. The number of ether oxygens (including phenoxy) is 1. The van der Waals surface area contributed by atoms with Crippen LogP contribution in [0.1, 0.15) is 47.0 Å². The zero-order valence-electron chi connectivity index (χ0n) is 16.4. The standard InChI is InChI=1S/C22H32O4/c1-13(12-23)16-10-15-6-7-18-21(3,4)19(26-14(2)24)8-9-22(18,5)20(15)17(25)11-16/h6-7,10,16-20,23,25H,1,8-9,11-12H2,2-5H3/t16-,17-,18+,19-,20-,22+/m0/s1. The lowest BCUT2D eigenvalue weighted by Crippen LogP contribution is -2.57. The lowest BCUT2D eigenvalue weighted by Gasteiger charge is -2.59. The first-order valence-electron chi connectivity index (χ1n) is 9.65. The van der Waals surface area contributed by atoms with Gasteiger partial charge in [0.1, 0.15) is 6.10 Å². The summed E-state index contributed by atoms with van der Waals surface area (Å²) in [6.45, 7) is 12.0. The number of esters is 1. The Balaban J connectivity index is 1.98. The van der Waals surface area contributed by atoms with Crippen molar-refractivity contribution >= 4 is 5.97 Å². The number of carbonyl (C=O) groups is 1. The van der Waals surface area contributed by atoms with E-state index in [0.717, 1.165) is 24.0 Å². The van der Waals surface area contributed by atoms with E-state index < -0.39 is 6.10 Å². The van der Waals surface area contributed by atoms with Crippen molar-refractivity contribution in [3.63, 3.8) is 0 Å². The van der Waals surface area contributed by atoms with Gasteiger partial charge in [-0.2, -0.15) is 0 Å². The molecule has 1 fully saturated rings. The molecular weight excluding hydrogens is 328 g/mol. The van der Waals surface area contributed by atoms with E-state index in [4.69, 9.17) is 4.74 Å². The summed E-state index contributed by atoms with van der Waals surface area (Å²) in [5, 5.41) is 20.4. The van der Waals surface area contributed by atoms with Crippen LogP contribution in [-0.2, 0) is 9.53 Å². The van der Waals surface area contributed by atoms with Gasteiger partial charge >= 0.3 is 5.97 Å². The number of hydrogen-bond acceptors (Lipinski definition) is 4. The number of hydrogen-bond donors (Lipinski definition) is 2. The largest absolute Gasteiger partial charge is 0.462 e. The zero-order valence-corrected chi connectivity index (χ0v) is 16.4. The number of fused-ring (bicyclic) bond motifs is 3. The summed E-state index contributed by atoms with van der Waals surface area (Å²) in [4.78, 5) is 11.5. The Morgan fingerprint density at radius 1 is 1.38 bits per heavy atom. The maximum Gasteiger partial charge on any atom is 0.302 e. The van der Waals surface area contributed by atoms with Crippen molar-refractivity contribution in [1.29, 1.82) is 0 Å². The van der Waals surface area contributed by atoms with Crippen LogP contribution in [0.3, 0.4) is 0 Å². The number of rotatable bonds is 3. The van der Waals surface area contributed by atoms with Crippen LogP contribution in [0.25, 0.3) is 0 Å². The number of aliphatic hydroxyl groups excluding tert-OH is 2. The van der Waals surface area contributed by atoms with E-state index in [9.17, 15) is 15.0 Å². The maximum absolute atomic E-state index is 11.5. The van der Waals surface area contributed by atoms with Crippen molar-refractivity contribution in [2.45, 2.75) is 59.2 Å². The van der Waals surface area contributed by atoms with Crippen LogP contribution < -0.4 is 0 Å². The van der Waals surface area contributed by atoms with E-state index >= 15 is 0 Å². The Hall–Kier alpha value is -1.39. The Morgan fingerprint density at radius 2 is 2.08 bits per heavy atom. The minimum Gasteiger partial charge on any atom is -0.462 e. The highest BCUT2D eigenvalue weighted by atomic mass is 16.5. The van der Waals surface area contributed by atoms with Crippen LogP contribution in [0.4, 0.5) is 0 Å². The topological polar surface area (TPSA) is 66.8 Å². The van der Waals surface area contributed by atoms with E-state index in [1.165, 1.54) is 6.92 Å². The average molecular weight is 360 g/mol. The van der Waals surface area contributed by atoms with E-state index in [-0.39, 0.29) is 47.3 Å². The second-order valence-corrected chi connectivity index (χ2v) is 9.17. The normalized spacial score (nSPS) is 40.8. The molecular formula is C22H32O4. The Labute approximate surface area is 156 Å². The third kappa shape index (κ3) is 2.97. The molecule has 0 radical (unpaired) electrons. The van der Waals surface area contributed by atoms with E-state index in [0.29, 0.717) is 6.42 Å². The summed E-state index contributed by atoms with van der Waals surface area (Å²) in [5.74, 6) is 0.0897. The van der Waals surface area contributed by atoms with Gasteiger partial charge in [-0.05, 0) is 41.7 Å². The average Bonchev–Trinajstić information content (AvgIpc) is 2.55. The van der Waals surface area contributed by atoms with Gasteiger partial charge in [0.25, 0.3) is 0 Å². The van der Waals surface area contributed by atoms with Crippen LogP contribution in [-0.4, -0.2) is 35.0 Å². The van der Waals surface area contributed by atoms with Gasteiger partial charge in [-0.1, -0.05) is 45.6 Å². The third-order valence-corrected chi connectivity index (χ3v) is 7.15. The van der Waals surface area contributed by atoms with Gasteiger partial charge in [-0.25, -0.2) is 0 Å². The van der Waals surface area contributed by atoms with Crippen LogP contribution in [0, 0.1) is 28.6 Å². The van der Waals surface area contributed by atoms with Crippen LogP contribution >= 0.6 is 0 Å². The minimum absolute atomic E-state index is 0.0245. The van der Waals surface area contributed by atoms with Crippen molar-refractivity contribution in [2.75, 3.05) is 6.61 Å². The molecule has 4 nitrogen and oxygen atoms in total. The summed E-state index contributed by atoms with van der Waals surface area (Å²) < 4.78 is 5.64.